The van der Waals surface area contributed by atoms with E-state index in [2.05, 4.69) is 4.99 Å². The number of nitrogens with zero attached hydrogens (tertiary/aromatic N) is 3. The Morgan fingerprint density at radius 3 is 2.55 bits per heavy atom. The number of anilines is 1. The van der Waals surface area contributed by atoms with Crippen LogP contribution in [0, 0.1) is 21.7 Å². The Balaban J connectivity index is 1.60. The van der Waals surface area contributed by atoms with Gasteiger partial charge in [0, 0.05) is 24.0 Å². The van der Waals surface area contributed by atoms with Gasteiger partial charge in [-0.2, -0.15) is 0 Å². The molecule has 11 heteroatoms. The summed E-state index contributed by atoms with van der Waals surface area (Å²) in [6, 6.07) is 8.13. The zero-order chi connectivity index (χ0) is 20.8. The van der Waals surface area contributed by atoms with E-state index in [0.29, 0.717) is 10.9 Å². The molecule has 1 saturated heterocycles. The number of non-ortho nitro benzene ring substituents is 1. The number of fused-ring (bicyclic) bond motifs is 1. The van der Waals surface area contributed by atoms with Crippen molar-refractivity contribution in [3.05, 3.63) is 69.8 Å². The van der Waals surface area contributed by atoms with Crippen molar-refractivity contribution >= 4 is 38.1 Å². The zero-order valence-corrected chi connectivity index (χ0v) is 16.5. The molecule has 0 radical (unpaired) electrons. The van der Waals surface area contributed by atoms with Crippen molar-refractivity contribution in [2.24, 2.45) is 4.99 Å². The summed E-state index contributed by atoms with van der Waals surface area (Å²) in [6.45, 7) is 0. The molecule has 0 aromatic heterocycles. The first-order valence-electron chi connectivity index (χ1n) is 8.62. The number of hydrogen-bond donors (Lipinski definition) is 0. The lowest BCUT2D eigenvalue weighted by Crippen LogP contribution is -2.39. The molecule has 1 fully saturated rings. The smallest absolute Gasteiger partial charge is 0.269 e. The fraction of sp³-hybridized carbons (Fsp3) is 0.278. The molecule has 2 aromatic carbocycles. The van der Waals surface area contributed by atoms with Crippen molar-refractivity contribution in [1.29, 1.82) is 0 Å². The molecule has 2 atom stereocenters. The Morgan fingerprint density at radius 1 is 1.17 bits per heavy atom. The molecular weight excluding hydrogens is 424 g/mol. The third kappa shape index (κ3) is 3.97. The molecule has 0 bridgehead atoms. The van der Waals surface area contributed by atoms with Crippen LogP contribution in [0.5, 0.6) is 0 Å². The van der Waals surface area contributed by atoms with E-state index in [1.807, 2.05) is 0 Å². The number of amidine groups is 1. The minimum atomic E-state index is -3.29. The number of thioether (sulfide) groups is 1. The summed E-state index contributed by atoms with van der Waals surface area (Å²) in [5.41, 5.74) is 0.852. The molecule has 0 aliphatic carbocycles. The molecule has 2 unspecified atom stereocenters. The first-order chi connectivity index (χ1) is 13.7. The molecule has 29 heavy (non-hydrogen) atoms. The molecule has 0 amide bonds. The van der Waals surface area contributed by atoms with Crippen LogP contribution in [0.25, 0.3) is 0 Å². The maximum Gasteiger partial charge on any atom is 0.269 e. The average Bonchev–Trinajstić information content (AvgIpc) is 3.12. The van der Waals surface area contributed by atoms with E-state index < -0.39 is 38.5 Å². The minimum absolute atomic E-state index is 0.0216. The predicted molar refractivity (Wildman–Crippen MR) is 107 cm³/mol. The molecule has 0 spiro atoms. The van der Waals surface area contributed by atoms with E-state index in [-0.39, 0.29) is 22.9 Å². The molecule has 2 aliphatic rings. The Labute approximate surface area is 169 Å². The van der Waals surface area contributed by atoms with Crippen LogP contribution < -0.4 is 4.90 Å². The van der Waals surface area contributed by atoms with Crippen LogP contribution in [0.3, 0.4) is 0 Å². The van der Waals surface area contributed by atoms with E-state index in [1.165, 1.54) is 34.9 Å². The SMILES string of the molecule is O=[N+]([O-])c1ccc(CSC2=NC3CS(=O)(=O)CC3N2c2ccc(F)cc2F)cc1. The molecule has 4 rings (SSSR count). The largest absolute Gasteiger partial charge is 0.312 e. The van der Waals surface area contributed by atoms with Crippen molar-refractivity contribution in [1.82, 2.24) is 0 Å². The normalized spacial score (nSPS) is 22.4. The van der Waals surface area contributed by atoms with E-state index in [0.717, 1.165) is 17.7 Å². The number of sulfone groups is 1. The number of aliphatic imine (C=N–C) groups is 1. The highest BCUT2D eigenvalue weighted by atomic mass is 32.2. The molecule has 2 heterocycles. The second-order valence-electron chi connectivity index (χ2n) is 6.80. The van der Waals surface area contributed by atoms with Crippen molar-refractivity contribution in [3.63, 3.8) is 0 Å². The van der Waals surface area contributed by atoms with Crippen LogP contribution in [0.4, 0.5) is 20.2 Å². The van der Waals surface area contributed by atoms with Crippen LogP contribution in [-0.2, 0) is 15.6 Å². The topological polar surface area (TPSA) is 92.9 Å². The standard InChI is InChI=1S/C18H15F2N3O4S2/c19-12-3-6-16(14(20)7-12)22-17-10-29(26,27)9-15(17)21-18(22)28-8-11-1-4-13(5-2-11)23(24)25/h1-7,15,17H,8-10H2. The number of hydrogen-bond acceptors (Lipinski definition) is 7. The van der Waals surface area contributed by atoms with Crippen molar-refractivity contribution in [2.75, 3.05) is 16.4 Å². The lowest BCUT2D eigenvalue weighted by molar-refractivity contribution is -0.384. The van der Waals surface area contributed by atoms with E-state index in [9.17, 15) is 27.3 Å². The number of nitro benzene ring substituents is 1. The van der Waals surface area contributed by atoms with Gasteiger partial charge in [-0.3, -0.25) is 15.1 Å². The van der Waals surface area contributed by atoms with Crippen LogP contribution in [0.2, 0.25) is 0 Å². The number of benzene rings is 2. The van der Waals surface area contributed by atoms with Gasteiger partial charge in [0.25, 0.3) is 5.69 Å². The first kappa shape index (κ1) is 19.8. The third-order valence-electron chi connectivity index (χ3n) is 4.79. The van der Waals surface area contributed by atoms with E-state index in [4.69, 9.17) is 0 Å². The summed E-state index contributed by atoms with van der Waals surface area (Å²) in [4.78, 5) is 16.3. The van der Waals surface area contributed by atoms with E-state index >= 15 is 0 Å². The van der Waals surface area contributed by atoms with Gasteiger partial charge in [0.1, 0.15) is 11.6 Å². The van der Waals surface area contributed by atoms with Crippen molar-refractivity contribution in [2.45, 2.75) is 17.8 Å². The lowest BCUT2D eigenvalue weighted by atomic mass is 10.1. The fourth-order valence-corrected chi connectivity index (χ4v) is 6.37. The Bertz CT molecular complexity index is 1110. The highest BCUT2D eigenvalue weighted by Gasteiger charge is 2.47. The van der Waals surface area contributed by atoms with Gasteiger partial charge in [-0.25, -0.2) is 17.2 Å². The second kappa shape index (κ2) is 7.38. The molecule has 2 aromatic rings. The Hall–Kier alpha value is -2.53. The van der Waals surface area contributed by atoms with Gasteiger partial charge < -0.3 is 4.90 Å². The molecule has 0 N–H and O–H groups in total. The summed E-state index contributed by atoms with van der Waals surface area (Å²) < 4.78 is 51.8. The third-order valence-corrected chi connectivity index (χ3v) is 7.53. The monoisotopic (exact) mass is 439 g/mol. The minimum Gasteiger partial charge on any atom is -0.312 e. The van der Waals surface area contributed by atoms with Crippen molar-refractivity contribution < 1.29 is 22.1 Å². The predicted octanol–water partition coefficient (Wildman–Crippen LogP) is 3.15. The molecule has 2 aliphatic heterocycles. The maximum atomic E-state index is 14.4. The second-order valence-corrected chi connectivity index (χ2v) is 9.90. The summed E-state index contributed by atoms with van der Waals surface area (Å²) >= 11 is 1.27. The molecule has 152 valence electrons. The Kier molecular flexibility index (Phi) is 5.03. The van der Waals surface area contributed by atoms with Gasteiger partial charge in [0.05, 0.1) is 34.2 Å². The quantitative estimate of drug-likeness (QED) is 0.537. The van der Waals surface area contributed by atoms with Gasteiger partial charge in [-0.05, 0) is 17.7 Å². The van der Waals surface area contributed by atoms with Crippen LogP contribution >= 0.6 is 11.8 Å². The van der Waals surface area contributed by atoms with Gasteiger partial charge in [0.15, 0.2) is 15.0 Å². The van der Waals surface area contributed by atoms with Crippen molar-refractivity contribution in [3.8, 4) is 0 Å². The first-order valence-corrected chi connectivity index (χ1v) is 11.4. The van der Waals surface area contributed by atoms with Crippen LogP contribution in [-0.4, -0.2) is 42.1 Å². The summed E-state index contributed by atoms with van der Waals surface area (Å²) in [6.07, 6.45) is 0. The lowest BCUT2D eigenvalue weighted by Gasteiger charge is -2.26. The van der Waals surface area contributed by atoms with Gasteiger partial charge in [-0.15, -0.1) is 0 Å². The number of halogens is 2. The van der Waals surface area contributed by atoms with E-state index in [1.54, 1.807) is 12.1 Å². The van der Waals surface area contributed by atoms with Gasteiger partial charge in [0.2, 0.25) is 0 Å². The van der Waals surface area contributed by atoms with Crippen LogP contribution in [0.15, 0.2) is 47.5 Å². The Morgan fingerprint density at radius 2 is 1.90 bits per heavy atom. The molecular formula is C18H15F2N3O4S2. The average molecular weight is 439 g/mol. The highest BCUT2D eigenvalue weighted by molar-refractivity contribution is 8.13. The fourth-order valence-electron chi connectivity index (χ4n) is 3.45. The maximum absolute atomic E-state index is 14.4. The zero-order valence-electron chi connectivity index (χ0n) is 14.9. The summed E-state index contributed by atoms with van der Waals surface area (Å²) in [5.74, 6) is -1.38. The summed E-state index contributed by atoms with van der Waals surface area (Å²) in [7, 11) is -3.29. The van der Waals surface area contributed by atoms with Crippen LogP contribution in [0.1, 0.15) is 5.56 Å². The molecule has 7 nitrogen and oxygen atoms in total. The highest BCUT2D eigenvalue weighted by Crippen LogP contribution is 2.37. The molecule has 0 saturated carbocycles. The number of nitro groups is 1. The summed E-state index contributed by atoms with van der Waals surface area (Å²) in [5, 5.41) is 11.2. The van der Waals surface area contributed by atoms with Gasteiger partial charge in [-0.1, -0.05) is 23.9 Å². The van der Waals surface area contributed by atoms with Gasteiger partial charge >= 0.3 is 0 Å². The number of rotatable bonds is 4.